The molecular formula is C26H26FN3O2. The first-order valence-electron chi connectivity index (χ1n) is 11.0. The lowest BCUT2D eigenvalue weighted by Crippen LogP contribution is -2.41. The normalized spacial score (nSPS) is 19.7. The minimum Gasteiger partial charge on any atom is -0.493 e. The summed E-state index contributed by atoms with van der Waals surface area (Å²) in [6, 6.07) is 10.6. The average Bonchev–Trinajstić information content (AvgIpc) is 3.21. The van der Waals surface area contributed by atoms with Gasteiger partial charge in [-0.1, -0.05) is 6.07 Å². The summed E-state index contributed by atoms with van der Waals surface area (Å²) in [5.74, 6) is 0.404. The van der Waals surface area contributed by atoms with Crippen molar-refractivity contribution in [1.29, 1.82) is 0 Å². The minimum absolute atomic E-state index is 0.0327. The van der Waals surface area contributed by atoms with Crippen LogP contribution in [0.4, 0.5) is 4.39 Å². The highest BCUT2D eigenvalue weighted by molar-refractivity contribution is 5.98. The zero-order valence-corrected chi connectivity index (χ0v) is 18.3. The average molecular weight is 432 g/mol. The molecule has 5 rings (SSSR count). The van der Waals surface area contributed by atoms with Gasteiger partial charge in [-0.05, 0) is 74.2 Å². The van der Waals surface area contributed by atoms with Crippen molar-refractivity contribution in [3.63, 3.8) is 0 Å². The van der Waals surface area contributed by atoms with Crippen molar-refractivity contribution in [1.82, 2.24) is 14.5 Å². The highest BCUT2D eigenvalue weighted by Crippen LogP contribution is 2.39. The van der Waals surface area contributed by atoms with Crippen molar-refractivity contribution in [2.24, 2.45) is 0 Å². The van der Waals surface area contributed by atoms with Gasteiger partial charge in [0.25, 0.3) is 0 Å². The maximum absolute atomic E-state index is 13.9. The van der Waals surface area contributed by atoms with Crippen LogP contribution in [-0.4, -0.2) is 33.5 Å². The number of carbonyl (C=O) groups is 1. The Bertz CT molecular complexity index is 1210. The monoisotopic (exact) mass is 431 g/mol. The van der Waals surface area contributed by atoms with Gasteiger partial charge in [0.2, 0.25) is 5.91 Å². The van der Waals surface area contributed by atoms with E-state index in [1.165, 1.54) is 12.1 Å². The summed E-state index contributed by atoms with van der Waals surface area (Å²) in [6.45, 7) is 5.24. The third-order valence-electron chi connectivity index (χ3n) is 6.29. The van der Waals surface area contributed by atoms with Crippen LogP contribution in [0.1, 0.15) is 47.7 Å². The molecule has 0 saturated carbocycles. The first-order chi connectivity index (χ1) is 15.5. The molecule has 2 aliphatic rings. The topological polar surface area (TPSA) is 47.4 Å². The number of aryl methyl sites for hydroxylation is 2. The van der Waals surface area contributed by atoms with E-state index in [1.807, 2.05) is 41.1 Å². The molecule has 1 fully saturated rings. The number of imidazole rings is 1. The summed E-state index contributed by atoms with van der Waals surface area (Å²) in [4.78, 5) is 19.6. The van der Waals surface area contributed by atoms with E-state index in [4.69, 9.17) is 4.74 Å². The van der Waals surface area contributed by atoms with Crippen LogP contribution in [0.5, 0.6) is 5.75 Å². The van der Waals surface area contributed by atoms with Gasteiger partial charge in [0.05, 0.1) is 24.7 Å². The summed E-state index contributed by atoms with van der Waals surface area (Å²) < 4.78 is 21.6. The Morgan fingerprint density at radius 2 is 2.06 bits per heavy atom. The molecule has 0 aliphatic carbocycles. The van der Waals surface area contributed by atoms with Gasteiger partial charge in [0, 0.05) is 36.0 Å². The van der Waals surface area contributed by atoms with Crippen molar-refractivity contribution in [2.75, 3.05) is 13.2 Å². The first-order valence-corrected chi connectivity index (χ1v) is 11.0. The Balaban J connectivity index is 1.42. The number of nitrogens with zero attached hydrogens (tertiary/aromatic N) is 3. The Labute approximate surface area is 187 Å². The highest BCUT2D eigenvalue weighted by atomic mass is 19.1. The Morgan fingerprint density at radius 3 is 2.84 bits per heavy atom. The van der Waals surface area contributed by atoms with Crippen LogP contribution in [0.2, 0.25) is 0 Å². The van der Waals surface area contributed by atoms with Gasteiger partial charge in [-0.25, -0.2) is 9.37 Å². The van der Waals surface area contributed by atoms with Crippen LogP contribution < -0.4 is 4.74 Å². The largest absolute Gasteiger partial charge is 0.493 e. The van der Waals surface area contributed by atoms with E-state index in [0.29, 0.717) is 25.3 Å². The zero-order valence-electron chi connectivity index (χ0n) is 18.3. The minimum atomic E-state index is -0.303. The van der Waals surface area contributed by atoms with Crippen molar-refractivity contribution in [2.45, 2.75) is 39.2 Å². The third kappa shape index (κ3) is 3.81. The molecule has 0 unspecified atom stereocenters. The molecule has 1 aromatic heterocycles. The molecule has 0 bridgehead atoms. The summed E-state index contributed by atoms with van der Waals surface area (Å²) in [7, 11) is 0. The number of piperidine rings is 1. The number of fused-ring (bicyclic) bond motifs is 1. The lowest BCUT2D eigenvalue weighted by atomic mass is 9.93. The Morgan fingerprint density at radius 1 is 1.19 bits per heavy atom. The second-order valence-corrected chi connectivity index (χ2v) is 8.58. The molecule has 0 radical (unpaired) electrons. The summed E-state index contributed by atoms with van der Waals surface area (Å²) in [5.41, 5.74) is 5.73. The highest BCUT2D eigenvalue weighted by Gasteiger charge is 2.34. The fourth-order valence-electron chi connectivity index (χ4n) is 4.75. The van der Waals surface area contributed by atoms with Crippen LogP contribution in [0.15, 0.2) is 54.5 Å². The molecule has 3 heterocycles. The quantitative estimate of drug-likeness (QED) is 0.539. The number of halogens is 1. The molecule has 1 saturated heterocycles. The molecule has 5 nitrogen and oxygen atoms in total. The predicted octanol–water partition coefficient (Wildman–Crippen LogP) is 5.16. The molecular weight excluding hydrogens is 405 g/mol. The van der Waals surface area contributed by atoms with E-state index in [-0.39, 0.29) is 17.8 Å². The maximum atomic E-state index is 13.9. The van der Waals surface area contributed by atoms with Gasteiger partial charge in [0.1, 0.15) is 11.6 Å². The fourth-order valence-corrected chi connectivity index (χ4v) is 4.75. The van der Waals surface area contributed by atoms with E-state index in [9.17, 15) is 9.18 Å². The number of ether oxygens (including phenoxy) is 1. The van der Waals surface area contributed by atoms with Crippen LogP contribution >= 0.6 is 0 Å². The number of benzene rings is 2. The number of aromatic nitrogens is 2. The summed E-state index contributed by atoms with van der Waals surface area (Å²) in [5, 5.41) is 0. The zero-order chi connectivity index (χ0) is 22.2. The number of carbonyl (C=O) groups excluding carboxylic acids is 1. The standard InChI is InChI=1S/C26H26FN3O2/c1-17-12-19(5-7-23(17)29-15-18(2)28-16-29)13-20-4-3-10-30(26(20)31)24-9-11-32-25-8-6-21(27)14-22(24)25/h5-8,12-16,24H,3-4,9-11H2,1-2H3/b20-13+/t24-/m1/s1. The summed E-state index contributed by atoms with van der Waals surface area (Å²) >= 11 is 0. The molecule has 6 heteroatoms. The van der Waals surface area contributed by atoms with E-state index < -0.39 is 0 Å². The molecule has 32 heavy (non-hydrogen) atoms. The molecule has 2 aromatic carbocycles. The van der Waals surface area contributed by atoms with Gasteiger partial charge in [-0.2, -0.15) is 0 Å². The SMILES string of the molecule is Cc1cn(-c2ccc(/C=C3\CCCN([C@@H]4CCOc5ccc(F)cc54)C3=O)cc2C)cn1. The fraction of sp³-hybridized carbons (Fsp3) is 0.308. The number of hydrogen-bond donors (Lipinski definition) is 0. The number of likely N-dealkylation sites (tertiary alicyclic amines) is 1. The maximum Gasteiger partial charge on any atom is 0.250 e. The van der Waals surface area contributed by atoms with Gasteiger partial charge in [-0.15, -0.1) is 0 Å². The lowest BCUT2D eigenvalue weighted by molar-refractivity contribution is -0.131. The molecule has 164 valence electrons. The molecule has 1 atom stereocenters. The molecule has 0 N–H and O–H groups in total. The molecule has 3 aromatic rings. The van der Waals surface area contributed by atoms with E-state index >= 15 is 0 Å². The van der Waals surface area contributed by atoms with Crippen molar-refractivity contribution in [3.8, 4) is 11.4 Å². The Kier molecular flexibility index (Phi) is 5.29. The van der Waals surface area contributed by atoms with Crippen LogP contribution in [0.3, 0.4) is 0 Å². The first kappa shape index (κ1) is 20.5. The smallest absolute Gasteiger partial charge is 0.250 e. The number of amides is 1. The lowest BCUT2D eigenvalue weighted by Gasteiger charge is -2.38. The molecule has 0 spiro atoms. The van der Waals surface area contributed by atoms with Crippen molar-refractivity contribution in [3.05, 3.63) is 82.7 Å². The molecule has 2 aliphatic heterocycles. The van der Waals surface area contributed by atoms with Gasteiger partial charge < -0.3 is 14.2 Å². The van der Waals surface area contributed by atoms with Crippen LogP contribution in [0.25, 0.3) is 11.8 Å². The van der Waals surface area contributed by atoms with E-state index in [2.05, 4.69) is 24.0 Å². The van der Waals surface area contributed by atoms with Crippen molar-refractivity contribution < 1.29 is 13.9 Å². The van der Waals surface area contributed by atoms with Gasteiger partial charge in [-0.3, -0.25) is 4.79 Å². The second kappa shape index (κ2) is 8.26. The van der Waals surface area contributed by atoms with Crippen LogP contribution in [-0.2, 0) is 4.79 Å². The van der Waals surface area contributed by atoms with E-state index in [0.717, 1.165) is 46.5 Å². The van der Waals surface area contributed by atoms with E-state index in [1.54, 1.807) is 6.07 Å². The van der Waals surface area contributed by atoms with Crippen molar-refractivity contribution >= 4 is 12.0 Å². The number of rotatable bonds is 3. The Hall–Kier alpha value is -3.41. The van der Waals surface area contributed by atoms with Crippen LogP contribution in [0, 0.1) is 19.7 Å². The summed E-state index contributed by atoms with van der Waals surface area (Å²) in [6.07, 6.45) is 8.12. The van der Waals surface area contributed by atoms with Gasteiger partial charge >= 0.3 is 0 Å². The predicted molar refractivity (Wildman–Crippen MR) is 121 cm³/mol. The van der Waals surface area contributed by atoms with Gasteiger partial charge in [0.15, 0.2) is 0 Å². The second-order valence-electron chi connectivity index (χ2n) is 8.58. The third-order valence-corrected chi connectivity index (χ3v) is 6.29. The number of hydrogen-bond acceptors (Lipinski definition) is 3. The molecule has 1 amide bonds.